The molecule has 3 rings (SSSR count). The van der Waals surface area contributed by atoms with E-state index in [1.807, 2.05) is 51.1 Å². The van der Waals surface area contributed by atoms with Gasteiger partial charge in [0.2, 0.25) is 0 Å². The molecule has 1 saturated heterocycles. The minimum atomic E-state index is -0.601. The highest BCUT2D eigenvalue weighted by Gasteiger charge is 2.31. The Balaban J connectivity index is 1.39. The average molecular weight is 516 g/mol. The summed E-state index contributed by atoms with van der Waals surface area (Å²) < 4.78 is 10.7. The van der Waals surface area contributed by atoms with E-state index in [1.165, 1.54) is 12.8 Å². The third-order valence-electron chi connectivity index (χ3n) is 7.23. The molecular formula is C29H45N3O5. The van der Waals surface area contributed by atoms with E-state index in [0.717, 1.165) is 50.9 Å². The van der Waals surface area contributed by atoms with Crippen LogP contribution in [0, 0.1) is 11.8 Å². The summed E-state index contributed by atoms with van der Waals surface area (Å²) in [6.07, 6.45) is 6.81. The van der Waals surface area contributed by atoms with E-state index >= 15 is 0 Å². The number of hydrogen-bond acceptors (Lipinski definition) is 6. The molecule has 1 saturated carbocycles. The molecule has 8 nitrogen and oxygen atoms in total. The fourth-order valence-electron chi connectivity index (χ4n) is 5.23. The number of ether oxygens (including phenoxy) is 2. The first-order valence-electron chi connectivity index (χ1n) is 13.9. The molecule has 2 amide bonds. The van der Waals surface area contributed by atoms with Gasteiger partial charge in [-0.2, -0.15) is 0 Å². The van der Waals surface area contributed by atoms with Gasteiger partial charge in [-0.15, -0.1) is 0 Å². The highest BCUT2D eigenvalue weighted by Crippen LogP contribution is 2.29. The number of benzene rings is 1. The minimum Gasteiger partial charge on any atom is -0.445 e. The van der Waals surface area contributed by atoms with Crippen molar-refractivity contribution in [2.24, 2.45) is 11.8 Å². The predicted molar refractivity (Wildman–Crippen MR) is 143 cm³/mol. The highest BCUT2D eigenvalue weighted by molar-refractivity contribution is 5.87. The molecule has 1 atom stereocenters. The molecule has 0 radical (unpaired) electrons. The smallest absolute Gasteiger partial charge is 0.408 e. The first-order valence-corrected chi connectivity index (χ1v) is 13.9. The number of nitrogens with one attached hydrogen (secondary N) is 2. The molecule has 1 aromatic carbocycles. The van der Waals surface area contributed by atoms with Gasteiger partial charge in [0.15, 0.2) is 5.78 Å². The number of Topliss-reactive ketones (excluding diaryl/α,β-unsaturated/α-hetero) is 1. The largest absolute Gasteiger partial charge is 0.445 e. The van der Waals surface area contributed by atoms with Crippen LogP contribution in [-0.2, 0) is 20.9 Å². The molecule has 0 bridgehead atoms. The second-order valence-corrected chi connectivity index (χ2v) is 11.5. The summed E-state index contributed by atoms with van der Waals surface area (Å²) in [7, 11) is 0. The Hall–Kier alpha value is -2.61. The molecule has 1 aliphatic heterocycles. The SMILES string of the molecule is CC(C)(C)OC(=O)NC(CC1CCN(CCNC(=O)OCc2ccccc2)CC1)C(=O)CC1CCCC1. The third kappa shape index (κ3) is 11.1. The van der Waals surface area contributed by atoms with Gasteiger partial charge >= 0.3 is 12.2 Å². The normalized spacial score (nSPS) is 18.2. The Morgan fingerprint density at radius 1 is 0.973 bits per heavy atom. The van der Waals surface area contributed by atoms with Crippen LogP contribution in [0.2, 0.25) is 0 Å². The van der Waals surface area contributed by atoms with Gasteiger partial charge in [-0.25, -0.2) is 9.59 Å². The van der Waals surface area contributed by atoms with E-state index in [2.05, 4.69) is 15.5 Å². The second kappa shape index (κ2) is 14.4. The predicted octanol–water partition coefficient (Wildman–Crippen LogP) is 5.06. The maximum Gasteiger partial charge on any atom is 0.408 e. The number of amides is 2. The van der Waals surface area contributed by atoms with Gasteiger partial charge in [0.05, 0.1) is 6.04 Å². The maximum absolute atomic E-state index is 13.2. The molecule has 1 heterocycles. The van der Waals surface area contributed by atoms with E-state index in [4.69, 9.17) is 9.47 Å². The van der Waals surface area contributed by atoms with E-state index in [-0.39, 0.29) is 12.4 Å². The number of likely N-dealkylation sites (tertiary alicyclic amines) is 1. The minimum absolute atomic E-state index is 0.137. The van der Waals surface area contributed by atoms with Crippen LogP contribution in [0.3, 0.4) is 0 Å². The van der Waals surface area contributed by atoms with Crippen molar-refractivity contribution >= 4 is 18.0 Å². The summed E-state index contributed by atoms with van der Waals surface area (Å²) >= 11 is 0. The molecule has 2 fully saturated rings. The fraction of sp³-hybridized carbons (Fsp3) is 0.690. The molecule has 37 heavy (non-hydrogen) atoms. The number of rotatable bonds is 11. The number of carbonyl (C=O) groups excluding carboxylic acids is 3. The molecule has 1 aliphatic carbocycles. The summed E-state index contributed by atoms with van der Waals surface area (Å²) in [5, 5.41) is 5.71. The Bertz CT molecular complexity index is 856. The second-order valence-electron chi connectivity index (χ2n) is 11.5. The first kappa shape index (κ1) is 29.0. The van der Waals surface area contributed by atoms with E-state index < -0.39 is 23.8 Å². The van der Waals surface area contributed by atoms with Crippen molar-refractivity contribution in [3.8, 4) is 0 Å². The lowest BCUT2D eigenvalue weighted by molar-refractivity contribution is -0.122. The zero-order chi connectivity index (χ0) is 26.7. The van der Waals surface area contributed by atoms with Crippen LogP contribution in [0.1, 0.15) is 77.7 Å². The number of hydrogen-bond donors (Lipinski definition) is 2. The first-order chi connectivity index (χ1) is 17.7. The summed E-state index contributed by atoms with van der Waals surface area (Å²) in [6.45, 7) is 8.84. The number of alkyl carbamates (subject to hydrolysis) is 2. The summed E-state index contributed by atoms with van der Waals surface area (Å²) in [6, 6.07) is 9.12. The number of piperidine rings is 1. The van der Waals surface area contributed by atoms with Crippen LogP contribution in [0.15, 0.2) is 30.3 Å². The van der Waals surface area contributed by atoms with Gasteiger partial charge in [-0.3, -0.25) is 4.79 Å². The maximum atomic E-state index is 13.2. The van der Waals surface area contributed by atoms with Crippen LogP contribution in [0.5, 0.6) is 0 Å². The molecule has 2 aliphatic rings. The van der Waals surface area contributed by atoms with E-state index in [0.29, 0.717) is 31.2 Å². The fourth-order valence-corrected chi connectivity index (χ4v) is 5.23. The Morgan fingerprint density at radius 3 is 2.30 bits per heavy atom. The summed E-state index contributed by atoms with van der Waals surface area (Å²) in [5.41, 5.74) is 0.358. The average Bonchev–Trinajstić information content (AvgIpc) is 3.36. The van der Waals surface area contributed by atoms with Crippen LogP contribution >= 0.6 is 0 Å². The molecule has 1 unspecified atom stereocenters. The van der Waals surface area contributed by atoms with Crippen molar-refractivity contribution in [2.75, 3.05) is 26.2 Å². The van der Waals surface area contributed by atoms with Crippen molar-refractivity contribution in [3.63, 3.8) is 0 Å². The van der Waals surface area contributed by atoms with Crippen molar-refractivity contribution < 1.29 is 23.9 Å². The zero-order valence-corrected chi connectivity index (χ0v) is 22.8. The van der Waals surface area contributed by atoms with Gasteiger partial charge in [-0.1, -0.05) is 56.0 Å². The Kier molecular flexibility index (Phi) is 11.2. The lowest BCUT2D eigenvalue weighted by Gasteiger charge is -2.33. The zero-order valence-electron chi connectivity index (χ0n) is 22.8. The number of ketones is 1. The highest BCUT2D eigenvalue weighted by atomic mass is 16.6. The molecule has 1 aromatic rings. The molecule has 2 N–H and O–H groups in total. The van der Waals surface area contributed by atoms with Gasteiger partial charge in [0.25, 0.3) is 0 Å². The van der Waals surface area contributed by atoms with Crippen molar-refractivity contribution in [1.29, 1.82) is 0 Å². The third-order valence-corrected chi connectivity index (χ3v) is 7.23. The number of nitrogens with zero attached hydrogens (tertiary/aromatic N) is 1. The molecule has 206 valence electrons. The van der Waals surface area contributed by atoms with Gasteiger partial charge in [0.1, 0.15) is 12.2 Å². The van der Waals surface area contributed by atoms with Crippen LogP contribution in [-0.4, -0.2) is 60.7 Å². The molecule has 0 spiro atoms. The Morgan fingerprint density at radius 2 is 1.65 bits per heavy atom. The lowest BCUT2D eigenvalue weighted by Crippen LogP contribution is -2.46. The van der Waals surface area contributed by atoms with E-state index in [1.54, 1.807) is 0 Å². The van der Waals surface area contributed by atoms with Crippen LogP contribution in [0.25, 0.3) is 0 Å². The standard InChI is InChI=1S/C29H45N3O5/c1-29(2,3)37-28(35)31-25(26(33)20-22-9-7-8-10-22)19-23-13-16-32(17-14-23)18-15-30-27(34)36-21-24-11-5-4-6-12-24/h4-6,11-12,22-23,25H,7-10,13-21H2,1-3H3,(H,30,34)(H,31,35). The summed E-state index contributed by atoms with van der Waals surface area (Å²) in [5.74, 6) is 0.954. The van der Waals surface area contributed by atoms with Crippen molar-refractivity contribution in [1.82, 2.24) is 15.5 Å². The molecular weight excluding hydrogens is 470 g/mol. The van der Waals surface area contributed by atoms with Crippen LogP contribution in [0.4, 0.5) is 9.59 Å². The summed E-state index contributed by atoms with van der Waals surface area (Å²) in [4.78, 5) is 39.9. The van der Waals surface area contributed by atoms with Gasteiger partial charge in [0, 0.05) is 19.5 Å². The topological polar surface area (TPSA) is 97.0 Å². The Labute approximate surface area is 221 Å². The van der Waals surface area contributed by atoms with Gasteiger partial charge < -0.3 is 25.0 Å². The van der Waals surface area contributed by atoms with Gasteiger partial charge in [-0.05, 0) is 70.5 Å². The molecule has 0 aromatic heterocycles. The lowest BCUT2D eigenvalue weighted by atomic mass is 9.86. The van der Waals surface area contributed by atoms with E-state index in [9.17, 15) is 14.4 Å². The monoisotopic (exact) mass is 515 g/mol. The molecule has 8 heteroatoms. The number of carbonyl (C=O) groups is 3. The van der Waals surface area contributed by atoms with Crippen molar-refractivity contribution in [2.45, 2.75) is 90.4 Å². The quantitative estimate of drug-likeness (QED) is 0.428. The van der Waals surface area contributed by atoms with Crippen LogP contribution < -0.4 is 10.6 Å². The van der Waals surface area contributed by atoms with Crippen molar-refractivity contribution in [3.05, 3.63) is 35.9 Å².